The number of para-hydroxylation sites is 1. The second-order valence-electron chi connectivity index (χ2n) is 7.47. The molecule has 2 aromatic carbocycles. The van der Waals surface area contributed by atoms with E-state index in [-0.39, 0.29) is 0 Å². The van der Waals surface area contributed by atoms with Crippen molar-refractivity contribution < 1.29 is 14.3 Å². The van der Waals surface area contributed by atoms with Crippen LogP contribution in [0.15, 0.2) is 42.5 Å². The molecule has 0 saturated heterocycles. The molecule has 1 heterocycles. The Hall–Kier alpha value is -3.59. The second kappa shape index (κ2) is 7.80. The molecule has 1 aromatic heterocycles. The highest BCUT2D eigenvalue weighted by Crippen LogP contribution is 2.32. The van der Waals surface area contributed by atoms with Crippen LogP contribution in [0.25, 0.3) is 10.9 Å². The third-order valence-electron chi connectivity index (χ3n) is 5.33. The highest BCUT2D eigenvalue weighted by molar-refractivity contribution is 5.98. The largest absolute Gasteiger partial charge is 0.452 e. The first-order chi connectivity index (χ1) is 14.0. The number of aromatic amines is 1. The molecule has 0 aliphatic heterocycles. The van der Waals surface area contributed by atoms with Gasteiger partial charge < -0.3 is 15.0 Å². The molecular weight excluding hydrogens is 366 g/mol. The first kappa shape index (κ1) is 18.8. The van der Waals surface area contributed by atoms with Gasteiger partial charge in [-0.15, -0.1) is 0 Å². The van der Waals surface area contributed by atoms with Crippen molar-refractivity contribution in [2.24, 2.45) is 5.92 Å². The minimum absolute atomic E-state index is 0.351. The van der Waals surface area contributed by atoms with Crippen LogP contribution in [0.5, 0.6) is 0 Å². The van der Waals surface area contributed by atoms with Gasteiger partial charge in [0.1, 0.15) is 6.07 Å². The van der Waals surface area contributed by atoms with Crippen LogP contribution in [0.4, 0.5) is 5.69 Å². The van der Waals surface area contributed by atoms with E-state index in [9.17, 15) is 9.59 Å². The molecule has 4 rings (SSSR count). The molecule has 6 nitrogen and oxygen atoms in total. The van der Waals surface area contributed by atoms with Gasteiger partial charge in [0.25, 0.3) is 5.91 Å². The van der Waals surface area contributed by atoms with E-state index in [1.807, 2.05) is 18.2 Å². The maximum Gasteiger partial charge on any atom is 0.338 e. The van der Waals surface area contributed by atoms with E-state index in [4.69, 9.17) is 10.00 Å². The van der Waals surface area contributed by atoms with Crippen molar-refractivity contribution in [1.82, 2.24) is 4.98 Å². The van der Waals surface area contributed by atoms with Crippen molar-refractivity contribution in [3.63, 3.8) is 0 Å². The van der Waals surface area contributed by atoms with Crippen molar-refractivity contribution >= 4 is 28.5 Å². The summed E-state index contributed by atoms with van der Waals surface area (Å²) in [5.74, 6) is -0.415. The fraction of sp³-hybridized carbons (Fsp3) is 0.261. The number of nitrogens with zero attached hydrogens (tertiary/aromatic N) is 1. The number of carbonyl (C=O) groups excluding carboxylic acids is 2. The smallest absolute Gasteiger partial charge is 0.338 e. The first-order valence-corrected chi connectivity index (χ1v) is 9.64. The van der Waals surface area contributed by atoms with Gasteiger partial charge in [0.15, 0.2) is 6.61 Å². The Balaban J connectivity index is 1.44. The average Bonchev–Trinajstić information content (AvgIpc) is 3.09. The molecule has 0 saturated carbocycles. The average molecular weight is 387 g/mol. The molecule has 0 fully saturated rings. The third kappa shape index (κ3) is 3.85. The van der Waals surface area contributed by atoms with Gasteiger partial charge in [-0.05, 0) is 61.1 Å². The number of esters is 1. The lowest BCUT2D eigenvalue weighted by Crippen LogP contribution is -2.21. The number of H-pyrrole nitrogens is 1. The molecule has 146 valence electrons. The minimum Gasteiger partial charge on any atom is -0.452 e. The first-order valence-electron chi connectivity index (χ1n) is 9.64. The van der Waals surface area contributed by atoms with Gasteiger partial charge in [-0.3, -0.25) is 4.79 Å². The summed E-state index contributed by atoms with van der Waals surface area (Å²) in [7, 11) is 0. The Morgan fingerprint density at radius 3 is 2.93 bits per heavy atom. The van der Waals surface area contributed by atoms with E-state index in [2.05, 4.69) is 17.2 Å². The Kier molecular flexibility index (Phi) is 5.05. The summed E-state index contributed by atoms with van der Waals surface area (Å²) in [5, 5.41) is 12.7. The zero-order valence-corrected chi connectivity index (χ0v) is 16.1. The Morgan fingerprint density at radius 1 is 1.28 bits per heavy atom. The number of carbonyl (C=O) groups is 2. The standard InChI is InChI=1S/C23H21N3O3/c1-14-6-8-20-17(10-14)18-11-15(7-9-21(18)25-20)23(28)29-13-22(27)26-19-5-3-2-4-16(19)12-24/h2-5,7,9,11,14,25H,6,8,10,13H2,1H3,(H,26,27). The van der Waals surface area contributed by atoms with E-state index in [0.717, 1.165) is 23.7 Å². The number of ether oxygens (including phenoxy) is 1. The summed E-state index contributed by atoms with van der Waals surface area (Å²) >= 11 is 0. The van der Waals surface area contributed by atoms with Crippen LogP contribution in [0.1, 0.15) is 40.5 Å². The van der Waals surface area contributed by atoms with Crippen LogP contribution in [-0.4, -0.2) is 23.5 Å². The van der Waals surface area contributed by atoms with Crippen molar-refractivity contribution in [1.29, 1.82) is 5.26 Å². The zero-order valence-electron chi connectivity index (χ0n) is 16.1. The lowest BCUT2D eigenvalue weighted by atomic mass is 9.87. The summed E-state index contributed by atoms with van der Waals surface area (Å²) in [4.78, 5) is 28.0. The minimum atomic E-state index is -0.547. The van der Waals surface area contributed by atoms with Crippen LogP contribution in [-0.2, 0) is 22.4 Å². The van der Waals surface area contributed by atoms with Gasteiger partial charge in [0.2, 0.25) is 0 Å². The molecule has 1 aliphatic carbocycles. The van der Waals surface area contributed by atoms with Crippen molar-refractivity contribution in [2.45, 2.75) is 26.2 Å². The fourth-order valence-corrected chi connectivity index (χ4v) is 3.81. The van der Waals surface area contributed by atoms with Gasteiger partial charge in [0.05, 0.1) is 16.8 Å². The molecule has 1 unspecified atom stereocenters. The van der Waals surface area contributed by atoms with Crippen LogP contribution < -0.4 is 5.32 Å². The Morgan fingerprint density at radius 2 is 2.10 bits per heavy atom. The van der Waals surface area contributed by atoms with Gasteiger partial charge >= 0.3 is 5.97 Å². The number of rotatable bonds is 4. The molecule has 0 spiro atoms. The third-order valence-corrected chi connectivity index (χ3v) is 5.33. The number of benzene rings is 2. The molecule has 2 N–H and O–H groups in total. The molecular formula is C23H21N3O3. The number of nitriles is 1. The highest BCUT2D eigenvalue weighted by atomic mass is 16.5. The molecule has 0 bridgehead atoms. The topological polar surface area (TPSA) is 95.0 Å². The van der Waals surface area contributed by atoms with Crippen LogP contribution in [0.3, 0.4) is 0 Å². The molecule has 0 radical (unpaired) electrons. The number of anilines is 1. The van der Waals surface area contributed by atoms with Crippen LogP contribution in [0.2, 0.25) is 0 Å². The van der Waals surface area contributed by atoms with Crippen molar-refractivity contribution in [2.75, 3.05) is 11.9 Å². The molecule has 3 aromatic rings. The monoisotopic (exact) mass is 387 g/mol. The fourth-order valence-electron chi connectivity index (χ4n) is 3.81. The quantitative estimate of drug-likeness (QED) is 0.663. The summed E-state index contributed by atoms with van der Waals surface area (Å²) < 4.78 is 5.18. The van der Waals surface area contributed by atoms with E-state index in [1.165, 1.54) is 17.7 Å². The molecule has 1 atom stereocenters. The van der Waals surface area contributed by atoms with Crippen LogP contribution in [0, 0.1) is 17.2 Å². The van der Waals surface area contributed by atoms with Gasteiger partial charge in [0, 0.05) is 16.6 Å². The zero-order chi connectivity index (χ0) is 20.4. The second-order valence-corrected chi connectivity index (χ2v) is 7.47. The van der Waals surface area contributed by atoms with Crippen molar-refractivity contribution in [3.05, 3.63) is 64.8 Å². The summed E-state index contributed by atoms with van der Waals surface area (Å²) in [5.41, 5.74) is 4.71. The van der Waals surface area contributed by atoms with E-state index >= 15 is 0 Å². The lowest BCUT2D eigenvalue weighted by Gasteiger charge is -2.18. The number of hydrogen-bond donors (Lipinski definition) is 2. The normalized spacial score (nSPS) is 15.4. The SMILES string of the molecule is CC1CCc2[nH]c3ccc(C(=O)OCC(=O)Nc4ccccc4C#N)cc3c2C1. The van der Waals surface area contributed by atoms with E-state index in [0.29, 0.717) is 22.7 Å². The van der Waals surface area contributed by atoms with Crippen molar-refractivity contribution in [3.8, 4) is 6.07 Å². The number of fused-ring (bicyclic) bond motifs is 3. The summed E-state index contributed by atoms with van der Waals surface area (Å²) in [6, 6.07) is 14.1. The summed E-state index contributed by atoms with van der Waals surface area (Å²) in [6.45, 7) is 1.82. The predicted octanol–water partition coefficient (Wildman–Crippen LogP) is 3.96. The van der Waals surface area contributed by atoms with Gasteiger partial charge in [-0.2, -0.15) is 5.26 Å². The van der Waals surface area contributed by atoms with Gasteiger partial charge in [-0.25, -0.2) is 4.79 Å². The number of amides is 1. The number of nitrogens with one attached hydrogen (secondary N) is 2. The molecule has 29 heavy (non-hydrogen) atoms. The number of aromatic nitrogens is 1. The highest BCUT2D eigenvalue weighted by Gasteiger charge is 2.21. The number of aryl methyl sites for hydroxylation is 1. The molecule has 1 aliphatic rings. The van der Waals surface area contributed by atoms with Gasteiger partial charge in [-0.1, -0.05) is 19.1 Å². The maximum absolute atomic E-state index is 12.5. The maximum atomic E-state index is 12.5. The van der Waals surface area contributed by atoms with E-state index < -0.39 is 18.5 Å². The Labute approximate surface area is 168 Å². The molecule has 1 amide bonds. The predicted molar refractivity (Wildman–Crippen MR) is 110 cm³/mol. The van der Waals surface area contributed by atoms with Crippen LogP contribution >= 0.6 is 0 Å². The van der Waals surface area contributed by atoms with E-state index in [1.54, 1.807) is 30.3 Å². The number of hydrogen-bond acceptors (Lipinski definition) is 4. The Bertz CT molecular complexity index is 1140. The lowest BCUT2D eigenvalue weighted by molar-refractivity contribution is -0.119. The summed E-state index contributed by atoms with van der Waals surface area (Å²) in [6.07, 6.45) is 3.18. The molecule has 6 heteroatoms.